The molecule has 1 aliphatic rings. The third-order valence-electron chi connectivity index (χ3n) is 4.85. The highest BCUT2D eigenvalue weighted by molar-refractivity contribution is 6.50. The highest BCUT2D eigenvalue weighted by Crippen LogP contribution is 2.39. The van der Waals surface area contributed by atoms with Crippen molar-refractivity contribution in [2.24, 2.45) is 0 Å². The van der Waals surface area contributed by atoms with E-state index in [-0.39, 0.29) is 27.0 Å². The van der Waals surface area contributed by atoms with Crippen LogP contribution in [0.3, 0.4) is 0 Å². The zero-order valence-electron chi connectivity index (χ0n) is 15.7. The highest BCUT2D eigenvalue weighted by Gasteiger charge is 2.41. The van der Waals surface area contributed by atoms with E-state index in [4.69, 9.17) is 34.8 Å². The second-order valence-electron chi connectivity index (χ2n) is 6.67. The van der Waals surface area contributed by atoms with Crippen molar-refractivity contribution in [2.75, 3.05) is 10.2 Å². The van der Waals surface area contributed by atoms with Crippen LogP contribution in [0.4, 0.5) is 11.4 Å². The van der Waals surface area contributed by atoms with E-state index in [0.717, 1.165) is 10.5 Å². The number of halogens is 3. The molecule has 1 aliphatic heterocycles. The van der Waals surface area contributed by atoms with Crippen molar-refractivity contribution in [3.63, 3.8) is 0 Å². The van der Waals surface area contributed by atoms with Gasteiger partial charge in [-0.3, -0.25) is 9.59 Å². The van der Waals surface area contributed by atoms with Crippen molar-refractivity contribution in [1.82, 2.24) is 0 Å². The van der Waals surface area contributed by atoms with E-state index in [1.165, 1.54) is 0 Å². The van der Waals surface area contributed by atoms with Crippen molar-refractivity contribution in [1.29, 1.82) is 0 Å². The lowest BCUT2D eigenvalue weighted by Crippen LogP contribution is -2.32. The maximum atomic E-state index is 13.4. The molecule has 0 spiro atoms. The Bertz CT molecular complexity index is 1210. The summed E-state index contributed by atoms with van der Waals surface area (Å²) in [6.07, 6.45) is 0. The fourth-order valence-electron chi connectivity index (χ4n) is 3.28. The first kappa shape index (κ1) is 20.5. The molecule has 3 aromatic carbocycles. The Kier molecular flexibility index (Phi) is 5.56. The van der Waals surface area contributed by atoms with Crippen molar-refractivity contribution in [3.8, 4) is 0 Å². The quantitative estimate of drug-likeness (QED) is 0.464. The Hall–Kier alpha value is -2.79. The van der Waals surface area contributed by atoms with Crippen molar-refractivity contribution < 1.29 is 9.59 Å². The van der Waals surface area contributed by atoms with Crippen LogP contribution in [0.1, 0.15) is 11.1 Å². The van der Waals surface area contributed by atoms with Gasteiger partial charge < -0.3 is 5.32 Å². The van der Waals surface area contributed by atoms with Gasteiger partial charge in [0, 0.05) is 10.7 Å². The molecule has 7 heteroatoms. The molecule has 0 aliphatic carbocycles. The molecule has 30 heavy (non-hydrogen) atoms. The number of amides is 2. The lowest BCUT2D eigenvalue weighted by Gasteiger charge is -2.17. The fourth-order valence-corrected chi connectivity index (χ4v) is 3.83. The Labute approximate surface area is 188 Å². The summed E-state index contributed by atoms with van der Waals surface area (Å²) in [5.74, 6) is -1.01. The third-order valence-corrected chi connectivity index (χ3v) is 6.06. The summed E-state index contributed by atoms with van der Waals surface area (Å²) in [7, 11) is 0. The number of anilines is 2. The number of benzene rings is 3. The number of nitrogens with zero attached hydrogens (tertiary/aromatic N) is 1. The van der Waals surface area contributed by atoms with Gasteiger partial charge in [-0.25, -0.2) is 4.90 Å². The molecule has 0 atom stereocenters. The van der Waals surface area contributed by atoms with Crippen molar-refractivity contribution >= 4 is 63.6 Å². The lowest BCUT2D eigenvalue weighted by molar-refractivity contribution is -0.120. The summed E-state index contributed by atoms with van der Waals surface area (Å²) in [4.78, 5) is 27.9. The first-order valence-corrected chi connectivity index (χ1v) is 10.2. The molecule has 1 N–H and O–H groups in total. The number of hydrogen-bond acceptors (Lipinski definition) is 3. The molecule has 0 saturated carbocycles. The largest absolute Gasteiger partial charge is 0.350 e. The first-order valence-electron chi connectivity index (χ1n) is 9.04. The smallest absolute Gasteiger partial charge is 0.282 e. The molecule has 0 saturated heterocycles. The number of carbonyl (C=O) groups excluding carboxylic acids is 2. The number of nitrogens with one attached hydrogen (secondary N) is 1. The van der Waals surface area contributed by atoms with Gasteiger partial charge in [0.05, 0.1) is 21.3 Å². The third kappa shape index (κ3) is 3.47. The predicted octanol–water partition coefficient (Wildman–Crippen LogP) is 6.35. The zero-order valence-corrected chi connectivity index (χ0v) is 18.0. The van der Waals surface area contributed by atoms with Crippen LogP contribution in [0.25, 0.3) is 5.57 Å². The average molecular weight is 458 g/mol. The van der Waals surface area contributed by atoms with Gasteiger partial charge in [-0.2, -0.15) is 0 Å². The molecule has 1 heterocycles. The molecule has 0 aromatic heterocycles. The van der Waals surface area contributed by atoms with Crippen molar-refractivity contribution in [2.45, 2.75) is 6.92 Å². The zero-order chi connectivity index (χ0) is 21.4. The van der Waals surface area contributed by atoms with Crippen LogP contribution in [0.15, 0.2) is 72.4 Å². The normalized spacial score (nSPS) is 13.9. The molecule has 0 bridgehead atoms. The van der Waals surface area contributed by atoms with Gasteiger partial charge in [0.15, 0.2) is 0 Å². The predicted molar refractivity (Wildman–Crippen MR) is 122 cm³/mol. The summed E-state index contributed by atoms with van der Waals surface area (Å²) in [6, 6.07) is 19.1. The van der Waals surface area contributed by atoms with Gasteiger partial charge in [-0.05, 0) is 42.3 Å². The van der Waals surface area contributed by atoms with E-state index in [9.17, 15) is 9.59 Å². The summed E-state index contributed by atoms with van der Waals surface area (Å²) in [5, 5.41) is 4.05. The van der Waals surface area contributed by atoms with E-state index in [1.54, 1.807) is 60.7 Å². The molecule has 3 aromatic rings. The molecule has 0 unspecified atom stereocenters. The van der Waals surface area contributed by atoms with E-state index in [2.05, 4.69) is 5.32 Å². The maximum absolute atomic E-state index is 13.4. The van der Waals surface area contributed by atoms with Gasteiger partial charge >= 0.3 is 0 Å². The Morgan fingerprint density at radius 1 is 0.767 bits per heavy atom. The van der Waals surface area contributed by atoms with Crippen LogP contribution in [0, 0.1) is 6.92 Å². The molecule has 4 rings (SSSR count). The average Bonchev–Trinajstić information content (AvgIpc) is 2.98. The number of rotatable bonds is 4. The molecule has 0 radical (unpaired) electrons. The van der Waals surface area contributed by atoms with E-state index >= 15 is 0 Å². The van der Waals surface area contributed by atoms with Crippen LogP contribution in [-0.4, -0.2) is 11.8 Å². The second kappa shape index (κ2) is 8.15. The van der Waals surface area contributed by atoms with Crippen LogP contribution in [0.5, 0.6) is 0 Å². The Morgan fingerprint density at radius 2 is 1.43 bits per heavy atom. The van der Waals surface area contributed by atoms with Crippen LogP contribution in [0.2, 0.25) is 15.1 Å². The Morgan fingerprint density at radius 3 is 2.17 bits per heavy atom. The maximum Gasteiger partial charge on any atom is 0.282 e. The summed E-state index contributed by atoms with van der Waals surface area (Å²) >= 11 is 18.7. The lowest BCUT2D eigenvalue weighted by atomic mass is 10.0. The van der Waals surface area contributed by atoms with Crippen LogP contribution in [-0.2, 0) is 9.59 Å². The van der Waals surface area contributed by atoms with Crippen molar-refractivity contribution in [3.05, 3.63) is 98.6 Å². The van der Waals surface area contributed by atoms with E-state index < -0.39 is 11.8 Å². The summed E-state index contributed by atoms with van der Waals surface area (Å²) in [5.41, 5.74) is 2.62. The molecule has 2 amide bonds. The minimum absolute atomic E-state index is 0.133. The molecule has 0 fully saturated rings. The fraction of sp³-hybridized carbons (Fsp3) is 0.0435. The SMILES string of the molecule is Cc1c(Cl)cccc1NC1=C(c2ccccc2)C(=O)N(c2cccc(Cl)c2Cl)C1=O. The second-order valence-corrected chi connectivity index (χ2v) is 7.86. The summed E-state index contributed by atoms with van der Waals surface area (Å²) < 4.78 is 0. The van der Waals surface area contributed by atoms with Crippen LogP contribution < -0.4 is 10.2 Å². The highest BCUT2D eigenvalue weighted by atomic mass is 35.5. The van der Waals surface area contributed by atoms with Gasteiger partial charge in [-0.15, -0.1) is 0 Å². The topological polar surface area (TPSA) is 49.4 Å². The summed E-state index contributed by atoms with van der Waals surface area (Å²) in [6.45, 7) is 1.83. The molecule has 150 valence electrons. The van der Waals surface area contributed by atoms with Gasteiger partial charge in [0.1, 0.15) is 5.70 Å². The van der Waals surface area contributed by atoms with Gasteiger partial charge in [0.2, 0.25) is 0 Å². The van der Waals surface area contributed by atoms with Gasteiger partial charge in [-0.1, -0.05) is 77.3 Å². The van der Waals surface area contributed by atoms with Crippen LogP contribution >= 0.6 is 34.8 Å². The molecule has 4 nitrogen and oxygen atoms in total. The number of carbonyl (C=O) groups is 2. The standard InChI is InChI=1S/C23H15Cl3N2O2/c1-13-15(24)9-5-11-17(13)27-21-19(14-7-3-2-4-8-14)22(29)28(23(21)30)18-12-6-10-16(25)20(18)26/h2-12,27H,1H3. The number of hydrogen-bond donors (Lipinski definition) is 1. The first-order chi connectivity index (χ1) is 14.4. The number of imide groups is 1. The Balaban J connectivity index is 1.87. The minimum Gasteiger partial charge on any atom is -0.350 e. The molecular formula is C23H15Cl3N2O2. The van der Waals surface area contributed by atoms with E-state index in [0.29, 0.717) is 16.3 Å². The minimum atomic E-state index is -0.526. The van der Waals surface area contributed by atoms with Gasteiger partial charge in [0.25, 0.3) is 11.8 Å². The van der Waals surface area contributed by atoms with E-state index in [1.807, 2.05) is 13.0 Å². The molecular weight excluding hydrogens is 443 g/mol. The monoisotopic (exact) mass is 456 g/mol.